The van der Waals surface area contributed by atoms with Gasteiger partial charge in [0.15, 0.2) is 0 Å². The molecule has 0 saturated carbocycles. The van der Waals surface area contributed by atoms with Crippen molar-refractivity contribution in [1.29, 1.82) is 0 Å². The Bertz CT molecular complexity index is 1580. The minimum atomic E-state index is -4.61. The van der Waals surface area contributed by atoms with Crippen LogP contribution in [0.3, 0.4) is 0 Å². The normalized spacial score (nSPS) is 16.8. The number of amides is 3. The Morgan fingerprint density at radius 1 is 1.02 bits per heavy atom. The van der Waals surface area contributed by atoms with Crippen LogP contribution in [0.4, 0.5) is 23.7 Å². The predicted octanol–water partition coefficient (Wildman–Crippen LogP) is 5.76. The summed E-state index contributed by atoms with van der Waals surface area (Å²) in [6, 6.07) is 16.9. The molecule has 0 fully saturated rings. The van der Waals surface area contributed by atoms with Crippen molar-refractivity contribution in [2.45, 2.75) is 51.7 Å². The van der Waals surface area contributed by atoms with Crippen LogP contribution in [0.25, 0.3) is 0 Å². The molecule has 13 heteroatoms. The van der Waals surface area contributed by atoms with Crippen LogP contribution in [-0.2, 0) is 38.3 Å². The highest BCUT2D eigenvalue weighted by atomic mass is 35.5. The van der Waals surface area contributed by atoms with E-state index in [1.165, 1.54) is 30.2 Å². The molecule has 0 spiro atoms. The third-order valence-electron chi connectivity index (χ3n) is 7.46. The van der Waals surface area contributed by atoms with E-state index in [9.17, 15) is 32.7 Å². The third kappa shape index (κ3) is 8.56. The van der Waals surface area contributed by atoms with E-state index < -0.39 is 60.2 Å². The van der Waals surface area contributed by atoms with Crippen LogP contribution >= 0.6 is 11.6 Å². The second-order valence-electron chi connectivity index (χ2n) is 11.7. The Balaban J connectivity index is 1.70. The Labute approximate surface area is 269 Å². The molecule has 3 aromatic carbocycles. The van der Waals surface area contributed by atoms with Gasteiger partial charge < -0.3 is 30.1 Å². The number of carbonyl (C=O) groups is 3. The van der Waals surface area contributed by atoms with Gasteiger partial charge in [0.05, 0.1) is 19.1 Å². The number of halogens is 4. The van der Waals surface area contributed by atoms with Crippen molar-refractivity contribution >= 4 is 35.2 Å². The minimum Gasteiger partial charge on any atom is -0.453 e. The highest BCUT2D eigenvalue weighted by Gasteiger charge is 2.40. The lowest BCUT2D eigenvalue weighted by atomic mass is 9.92. The van der Waals surface area contributed by atoms with Crippen molar-refractivity contribution in [3.63, 3.8) is 0 Å². The molecule has 9 nitrogen and oxygen atoms in total. The number of hydrogen-bond donors (Lipinski definition) is 3. The lowest BCUT2D eigenvalue weighted by Gasteiger charge is -2.32. The molecular weight excluding hydrogens is 627 g/mol. The van der Waals surface area contributed by atoms with Crippen molar-refractivity contribution in [3.8, 4) is 0 Å². The van der Waals surface area contributed by atoms with Gasteiger partial charge in [-0.2, -0.15) is 13.2 Å². The highest BCUT2D eigenvalue weighted by Crippen LogP contribution is 2.41. The molecule has 4 rings (SSSR count). The van der Waals surface area contributed by atoms with Crippen molar-refractivity contribution in [2.75, 3.05) is 25.2 Å². The first-order valence-electron chi connectivity index (χ1n) is 14.4. The molecule has 0 bridgehead atoms. The molecule has 3 N–H and O–H groups in total. The standard InChI is InChI=1S/C33H35ClF3N3O6/c1-32(2,19-41)18-40-26-12-11-23(34)14-24(26)29(21-9-6-7-20(13-21)16-39-31(44)45-3)46-27(30(40)43)15-28(42)38-17-22-8-4-5-10-25(22)33(35,36)37/h4-14,27,29,41H,15-19H2,1-3H3,(H,38,42)(H,39,44). The van der Waals surface area contributed by atoms with Crippen LogP contribution in [0.2, 0.25) is 5.02 Å². The molecule has 2 atom stereocenters. The van der Waals surface area contributed by atoms with Gasteiger partial charge in [-0.3, -0.25) is 9.59 Å². The van der Waals surface area contributed by atoms with E-state index in [4.69, 9.17) is 16.3 Å². The van der Waals surface area contributed by atoms with Crippen LogP contribution in [0.15, 0.2) is 66.7 Å². The van der Waals surface area contributed by atoms with Gasteiger partial charge >= 0.3 is 12.3 Å². The quantitative estimate of drug-likeness (QED) is 0.254. The number of ether oxygens (including phenoxy) is 2. The fourth-order valence-electron chi connectivity index (χ4n) is 5.10. The molecule has 0 radical (unpaired) electrons. The Kier molecular flexibility index (Phi) is 11.0. The second kappa shape index (κ2) is 14.5. The van der Waals surface area contributed by atoms with Gasteiger partial charge in [-0.15, -0.1) is 0 Å². The van der Waals surface area contributed by atoms with E-state index in [1.54, 1.807) is 56.3 Å². The summed E-state index contributed by atoms with van der Waals surface area (Å²) in [7, 11) is 1.25. The second-order valence-corrected chi connectivity index (χ2v) is 12.1. The van der Waals surface area contributed by atoms with Crippen LogP contribution in [-0.4, -0.2) is 49.4 Å². The fourth-order valence-corrected chi connectivity index (χ4v) is 5.28. The van der Waals surface area contributed by atoms with Gasteiger partial charge in [0.1, 0.15) is 12.2 Å². The van der Waals surface area contributed by atoms with Crippen LogP contribution in [0.1, 0.15) is 54.2 Å². The van der Waals surface area contributed by atoms with Crippen LogP contribution in [0.5, 0.6) is 0 Å². The van der Waals surface area contributed by atoms with Gasteiger partial charge in [-0.1, -0.05) is 67.9 Å². The maximum Gasteiger partial charge on any atom is 0.416 e. The Morgan fingerprint density at radius 2 is 1.76 bits per heavy atom. The largest absolute Gasteiger partial charge is 0.453 e. The molecule has 0 saturated heterocycles. The van der Waals surface area contributed by atoms with Crippen LogP contribution in [0, 0.1) is 5.41 Å². The first-order valence-corrected chi connectivity index (χ1v) is 14.8. The summed E-state index contributed by atoms with van der Waals surface area (Å²) in [6.07, 6.45) is -8.00. The fraction of sp³-hybridized carbons (Fsp3) is 0.364. The summed E-state index contributed by atoms with van der Waals surface area (Å²) >= 11 is 6.42. The van der Waals surface area contributed by atoms with Crippen molar-refractivity contribution in [3.05, 3.63) is 99.6 Å². The van der Waals surface area contributed by atoms with Gasteiger partial charge in [-0.05, 0) is 41.0 Å². The number of alkyl halides is 3. The first-order chi connectivity index (χ1) is 21.7. The van der Waals surface area contributed by atoms with Crippen LogP contribution < -0.4 is 15.5 Å². The number of fused-ring (bicyclic) bond motifs is 1. The molecule has 3 aromatic rings. The number of aliphatic hydroxyl groups excluding tert-OH is 1. The zero-order chi connectivity index (χ0) is 33.6. The molecule has 2 unspecified atom stereocenters. The maximum atomic E-state index is 14.1. The molecule has 1 aliphatic heterocycles. The number of rotatable bonds is 10. The third-order valence-corrected chi connectivity index (χ3v) is 7.70. The first kappa shape index (κ1) is 34.7. The zero-order valence-corrected chi connectivity index (χ0v) is 26.2. The monoisotopic (exact) mass is 661 g/mol. The average Bonchev–Trinajstić information content (AvgIpc) is 3.12. The maximum absolute atomic E-state index is 14.1. The number of nitrogens with one attached hydrogen (secondary N) is 2. The molecule has 3 amide bonds. The molecular formula is C33H35ClF3N3O6. The van der Waals surface area contributed by atoms with E-state index in [2.05, 4.69) is 15.4 Å². The van der Waals surface area contributed by atoms with Gasteiger partial charge in [-0.25, -0.2) is 4.79 Å². The summed E-state index contributed by atoms with van der Waals surface area (Å²) in [5.74, 6) is -1.27. The van der Waals surface area contributed by atoms with Crippen molar-refractivity contribution < 1.29 is 42.1 Å². The van der Waals surface area contributed by atoms with Gasteiger partial charge in [0.2, 0.25) is 5.91 Å². The average molecular weight is 662 g/mol. The van der Waals surface area contributed by atoms with Gasteiger partial charge in [0, 0.05) is 47.9 Å². The molecule has 246 valence electrons. The summed E-state index contributed by atoms with van der Waals surface area (Å²) in [4.78, 5) is 40.4. The van der Waals surface area contributed by atoms with E-state index in [0.29, 0.717) is 27.4 Å². The van der Waals surface area contributed by atoms with E-state index in [1.807, 2.05) is 0 Å². The number of aliphatic hydroxyl groups is 1. The van der Waals surface area contributed by atoms with E-state index in [-0.39, 0.29) is 25.3 Å². The number of methoxy groups -OCH3 is 1. The number of carbonyl (C=O) groups excluding carboxylic acids is 3. The van der Waals surface area contributed by atoms with Gasteiger partial charge in [0.25, 0.3) is 5.91 Å². The smallest absolute Gasteiger partial charge is 0.416 e. The lowest BCUT2D eigenvalue weighted by Crippen LogP contribution is -2.46. The molecule has 46 heavy (non-hydrogen) atoms. The predicted molar refractivity (Wildman–Crippen MR) is 165 cm³/mol. The molecule has 1 heterocycles. The van der Waals surface area contributed by atoms with Crippen molar-refractivity contribution in [1.82, 2.24) is 10.6 Å². The zero-order valence-electron chi connectivity index (χ0n) is 25.5. The number of anilines is 1. The highest BCUT2D eigenvalue weighted by molar-refractivity contribution is 6.30. The summed E-state index contributed by atoms with van der Waals surface area (Å²) in [5, 5.41) is 15.5. The van der Waals surface area contributed by atoms with Crippen molar-refractivity contribution in [2.24, 2.45) is 5.41 Å². The number of nitrogens with zero attached hydrogens (tertiary/aromatic N) is 1. The summed E-state index contributed by atoms with van der Waals surface area (Å²) in [5.41, 5.74) is 0.522. The topological polar surface area (TPSA) is 117 Å². The number of alkyl carbamates (subject to hydrolysis) is 1. The number of hydrogen-bond acceptors (Lipinski definition) is 6. The minimum absolute atomic E-state index is 0.0627. The Morgan fingerprint density at radius 3 is 2.46 bits per heavy atom. The lowest BCUT2D eigenvalue weighted by molar-refractivity contribution is -0.139. The molecule has 0 aromatic heterocycles. The molecule has 1 aliphatic rings. The van der Waals surface area contributed by atoms with E-state index >= 15 is 0 Å². The molecule has 0 aliphatic carbocycles. The number of benzene rings is 3. The van der Waals surface area contributed by atoms with E-state index in [0.717, 1.165) is 6.07 Å². The SMILES string of the molecule is COC(=O)NCc1cccc(C2OC(CC(=O)NCc3ccccc3C(F)(F)F)C(=O)N(CC(C)(C)CO)c3ccc(Cl)cc32)c1. The summed E-state index contributed by atoms with van der Waals surface area (Å²) < 4.78 is 51.6. The summed E-state index contributed by atoms with van der Waals surface area (Å²) in [6.45, 7) is 3.09. The Hall–Kier alpha value is -4.13.